The average Bonchev–Trinajstić information content (AvgIpc) is 2.05. The smallest absolute Gasteiger partial charge is 0.0711 e. The molecule has 1 heterocycles. The number of thiol groups is 1. The maximum atomic E-state index is 4.38. The Hall–Kier alpha value is 0.0500. The van der Waals surface area contributed by atoms with E-state index in [0.29, 0.717) is 0 Å². The number of nitrogens with zero attached hydrogens (tertiary/aromatic N) is 1. The monoisotopic (exact) mass is 157 g/mol. The van der Waals surface area contributed by atoms with E-state index in [-0.39, 0.29) is 5.37 Å². The summed E-state index contributed by atoms with van der Waals surface area (Å²) in [5, 5.41) is 0.278. The predicted molar refractivity (Wildman–Crippen MR) is 48.4 cm³/mol. The Morgan fingerprint density at radius 3 is 2.40 bits per heavy atom. The highest BCUT2D eigenvalue weighted by atomic mass is 32.1. The van der Waals surface area contributed by atoms with E-state index in [9.17, 15) is 0 Å². The van der Waals surface area contributed by atoms with E-state index in [1.54, 1.807) is 0 Å². The van der Waals surface area contributed by atoms with E-state index in [1.165, 1.54) is 32.4 Å². The van der Waals surface area contributed by atoms with Crippen LogP contribution < -0.4 is 0 Å². The van der Waals surface area contributed by atoms with Gasteiger partial charge in [0, 0.05) is 0 Å². The van der Waals surface area contributed by atoms with E-state index < -0.39 is 0 Å². The summed E-state index contributed by atoms with van der Waals surface area (Å²) in [6.45, 7) is 6.11. The van der Waals surface area contributed by atoms with Crippen molar-refractivity contribution in [3.63, 3.8) is 0 Å². The molecule has 0 amide bonds. The number of piperidine rings is 1. The largest absolute Gasteiger partial charge is 0.288 e. The molecule has 58 valence electrons. The first kappa shape index (κ1) is 8.15. The topological polar surface area (TPSA) is 3.24 Å². The van der Waals surface area contributed by atoms with Crippen molar-refractivity contribution in [3.8, 4) is 0 Å². The predicted octanol–water partition coefficient (Wildman–Crippen LogP) is 1.91. The van der Waals surface area contributed by atoms with Gasteiger partial charge in [0.05, 0.1) is 5.37 Å². The van der Waals surface area contributed by atoms with Gasteiger partial charge >= 0.3 is 0 Å². The summed E-state index contributed by atoms with van der Waals surface area (Å²) >= 11 is 4.38. The average molecular weight is 157 g/mol. The summed E-state index contributed by atoms with van der Waals surface area (Å²) in [7, 11) is 0. The lowest BCUT2D eigenvalue weighted by molar-refractivity contribution is 0.236. The molecular formula is C8H15NS. The van der Waals surface area contributed by atoms with Gasteiger partial charge in [0.1, 0.15) is 0 Å². The van der Waals surface area contributed by atoms with Crippen LogP contribution in [-0.4, -0.2) is 23.4 Å². The summed E-state index contributed by atoms with van der Waals surface area (Å²) in [6, 6.07) is 0. The van der Waals surface area contributed by atoms with Gasteiger partial charge in [-0.3, -0.25) is 4.90 Å². The highest BCUT2D eigenvalue weighted by Gasteiger charge is 2.13. The third-order valence-corrected chi connectivity index (χ3v) is 2.51. The molecular weight excluding hydrogens is 142 g/mol. The molecule has 0 N–H and O–H groups in total. The van der Waals surface area contributed by atoms with E-state index in [4.69, 9.17) is 0 Å². The van der Waals surface area contributed by atoms with E-state index in [1.807, 2.05) is 6.08 Å². The Balaban J connectivity index is 2.30. The van der Waals surface area contributed by atoms with Crippen molar-refractivity contribution in [1.82, 2.24) is 4.90 Å². The summed E-state index contributed by atoms with van der Waals surface area (Å²) in [4.78, 5) is 2.36. The Morgan fingerprint density at radius 1 is 1.30 bits per heavy atom. The highest BCUT2D eigenvalue weighted by molar-refractivity contribution is 7.81. The van der Waals surface area contributed by atoms with Crippen LogP contribution in [0.2, 0.25) is 0 Å². The van der Waals surface area contributed by atoms with Crippen molar-refractivity contribution in [2.45, 2.75) is 24.6 Å². The van der Waals surface area contributed by atoms with Crippen molar-refractivity contribution in [2.24, 2.45) is 0 Å². The first-order valence-electron chi connectivity index (χ1n) is 3.89. The molecule has 10 heavy (non-hydrogen) atoms. The molecule has 2 heteroatoms. The van der Waals surface area contributed by atoms with Crippen LogP contribution in [0, 0.1) is 0 Å². The number of likely N-dealkylation sites (tertiary alicyclic amines) is 1. The van der Waals surface area contributed by atoms with Crippen molar-refractivity contribution in [1.29, 1.82) is 0 Å². The third kappa shape index (κ3) is 2.03. The molecule has 0 bridgehead atoms. The van der Waals surface area contributed by atoms with Crippen LogP contribution in [0.15, 0.2) is 12.7 Å². The quantitative estimate of drug-likeness (QED) is 0.473. The van der Waals surface area contributed by atoms with Crippen LogP contribution in [0.5, 0.6) is 0 Å². The van der Waals surface area contributed by atoms with Gasteiger partial charge in [0.2, 0.25) is 0 Å². The normalized spacial score (nSPS) is 24.1. The molecule has 0 saturated carbocycles. The maximum absolute atomic E-state index is 4.38. The number of hydrogen-bond donors (Lipinski definition) is 1. The summed E-state index contributed by atoms with van der Waals surface area (Å²) in [5.41, 5.74) is 0. The van der Waals surface area contributed by atoms with Crippen LogP contribution in [0.1, 0.15) is 19.3 Å². The second-order valence-electron chi connectivity index (χ2n) is 2.75. The van der Waals surface area contributed by atoms with E-state index in [2.05, 4.69) is 24.1 Å². The fraction of sp³-hybridized carbons (Fsp3) is 0.750. The summed E-state index contributed by atoms with van der Waals surface area (Å²) < 4.78 is 0. The Kier molecular flexibility index (Phi) is 3.29. The molecule has 0 spiro atoms. The first-order chi connectivity index (χ1) is 4.84. The highest BCUT2D eigenvalue weighted by Crippen LogP contribution is 2.14. The standard InChI is InChI=1S/C8H15NS/c1-2-8(10)9-6-4-3-5-7-9/h2,8,10H,1,3-7H2. The van der Waals surface area contributed by atoms with Crippen molar-refractivity contribution >= 4 is 12.6 Å². The van der Waals surface area contributed by atoms with Crippen LogP contribution in [0.25, 0.3) is 0 Å². The fourth-order valence-electron chi connectivity index (χ4n) is 1.33. The van der Waals surface area contributed by atoms with Crippen molar-refractivity contribution < 1.29 is 0 Å². The van der Waals surface area contributed by atoms with Gasteiger partial charge in [-0.1, -0.05) is 12.5 Å². The number of hydrogen-bond acceptors (Lipinski definition) is 2. The molecule has 0 aromatic rings. The Morgan fingerprint density at radius 2 is 1.90 bits per heavy atom. The molecule has 1 fully saturated rings. The molecule has 1 nitrogen and oxygen atoms in total. The van der Waals surface area contributed by atoms with Gasteiger partial charge in [-0.15, -0.1) is 6.58 Å². The minimum atomic E-state index is 0.278. The lowest BCUT2D eigenvalue weighted by atomic mass is 10.1. The molecule has 0 radical (unpaired) electrons. The molecule has 1 unspecified atom stereocenters. The second kappa shape index (κ2) is 4.04. The van der Waals surface area contributed by atoms with Crippen LogP contribution in [0.4, 0.5) is 0 Å². The van der Waals surface area contributed by atoms with Gasteiger partial charge in [0.25, 0.3) is 0 Å². The van der Waals surface area contributed by atoms with Crippen LogP contribution in [0.3, 0.4) is 0 Å². The van der Waals surface area contributed by atoms with Gasteiger partial charge in [-0.05, 0) is 25.9 Å². The second-order valence-corrected chi connectivity index (χ2v) is 3.28. The van der Waals surface area contributed by atoms with Crippen LogP contribution in [-0.2, 0) is 0 Å². The van der Waals surface area contributed by atoms with Crippen LogP contribution >= 0.6 is 12.6 Å². The molecule has 1 aliphatic rings. The van der Waals surface area contributed by atoms with E-state index >= 15 is 0 Å². The summed E-state index contributed by atoms with van der Waals surface area (Å²) in [6.07, 6.45) is 5.93. The molecule has 1 rings (SSSR count). The zero-order valence-electron chi connectivity index (χ0n) is 6.29. The van der Waals surface area contributed by atoms with Gasteiger partial charge in [-0.2, -0.15) is 12.6 Å². The molecule has 1 aliphatic heterocycles. The third-order valence-electron chi connectivity index (χ3n) is 1.98. The molecule has 1 saturated heterocycles. The lowest BCUT2D eigenvalue weighted by Crippen LogP contribution is -2.34. The van der Waals surface area contributed by atoms with Gasteiger partial charge in [0.15, 0.2) is 0 Å². The van der Waals surface area contributed by atoms with Crippen molar-refractivity contribution in [3.05, 3.63) is 12.7 Å². The SMILES string of the molecule is C=CC(S)N1CCCCC1. The minimum Gasteiger partial charge on any atom is -0.288 e. The fourth-order valence-corrected chi connectivity index (χ4v) is 1.56. The molecule has 1 atom stereocenters. The van der Waals surface area contributed by atoms with E-state index in [0.717, 1.165) is 0 Å². The lowest BCUT2D eigenvalue weighted by Gasteiger charge is -2.29. The molecule has 0 aromatic carbocycles. The number of rotatable bonds is 2. The molecule has 0 aromatic heterocycles. The first-order valence-corrected chi connectivity index (χ1v) is 4.41. The minimum absolute atomic E-state index is 0.278. The van der Waals surface area contributed by atoms with Gasteiger partial charge < -0.3 is 0 Å². The van der Waals surface area contributed by atoms with Crippen molar-refractivity contribution in [2.75, 3.05) is 13.1 Å². The zero-order valence-corrected chi connectivity index (χ0v) is 7.19. The summed E-state index contributed by atoms with van der Waals surface area (Å²) in [5.74, 6) is 0. The Bertz CT molecular complexity index is 108. The zero-order chi connectivity index (χ0) is 7.40. The maximum Gasteiger partial charge on any atom is 0.0711 e. The molecule has 0 aliphatic carbocycles. The van der Waals surface area contributed by atoms with Gasteiger partial charge in [-0.25, -0.2) is 0 Å². The Labute approximate surface area is 68.5 Å².